The zero-order valence-corrected chi connectivity index (χ0v) is 12.1. The van der Waals surface area contributed by atoms with Gasteiger partial charge < -0.3 is 0 Å². The van der Waals surface area contributed by atoms with Crippen molar-refractivity contribution >= 4 is 22.2 Å². The Kier molecular flexibility index (Phi) is 3.97. The van der Waals surface area contributed by atoms with Crippen molar-refractivity contribution < 1.29 is 4.79 Å². The van der Waals surface area contributed by atoms with Crippen LogP contribution in [0.3, 0.4) is 0 Å². The molecule has 1 aromatic carbocycles. The summed E-state index contributed by atoms with van der Waals surface area (Å²) in [5.41, 5.74) is 3.89. The zero-order valence-electron chi connectivity index (χ0n) is 10.5. The molecule has 0 saturated heterocycles. The summed E-state index contributed by atoms with van der Waals surface area (Å²) in [5, 5.41) is 4.57. The smallest absolute Gasteiger partial charge is 0.151 e. The van der Waals surface area contributed by atoms with Crippen LogP contribution < -0.4 is 0 Å². The van der Waals surface area contributed by atoms with Gasteiger partial charge >= 0.3 is 0 Å². The van der Waals surface area contributed by atoms with Gasteiger partial charge in [-0.3, -0.25) is 4.79 Å². The normalized spacial score (nSPS) is 10.6. The predicted molar refractivity (Wildman–Crippen MR) is 75.4 cm³/mol. The molecule has 0 bridgehead atoms. The Balaban J connectivity index is 2.50. The van der Waals surface area contributed by atoms with E-state index in [1.54, 1.807) is 6.07 Å². The minimum Gasteiger partial charge on any atom is -0.298 e. The minimum atomic E-state index is 0.652. The molecular weight excluding hydrogens is 292 g/mol. The summed E-state index contributed by atoms with van der Waals surface area (Å²) in [6, 6.07) is 7.77. The third-order valence-corrected chi connectivity index (χ3v) is 3.60. The third-order valence-electron chi connectivity index (χ3n) is 2.91. The molecule has 94 valence electrons. The molecule has 18 heavy (non-hydrogen) atoms. The molecule has 1 aromatic heterocycles. The Bertz CT molecular complexity index is 575. The van der Waals surface area contributed by atoms with Gasteiger partial charge in [-0.2, -0.15) is 5.10 Å². The highest BCUT2D eigenvalue weighted by atomic mass is 79.9. The van der Waals surface area contributed by atoms with E-state index in [0.29, 0.717) is 5.56 Å². The van der Waals surface area contributed by atoms with Crippen molar-refractivity contribution in [2.75, 3.05) is 0 Å². The zero-order chi connectivity index (χ0) is 13.1. The number of nitrogens with zero attached hydrogens (tertiary/aromatic N) is 2. The maximum atomic E-state index is 10.8. The van der Waals surface area contributed by atoms with Crippen LogP contribution in [0.15, 0.2) is 28.7 Å². The highest BCUT2D eigenvalue weighted by Gasteiger charge is 2.08. The number of benzene rings is 1. The predicted octanol–water partition coefficient (Wildman–Crippen LogP) is 3.57. The maximum absolute atomic E-state index is 10.8. The Morgan fingerprint density at radius 1 is 1.28 bits per heavy atom. The van der Waals surface area contributed by atoms with Gasteiger partial charge in [0, 0.05) is 15.7 Å². The lowest BCUT2D eigenvalue weighted by Crippen LogP contribution is -2.02. The highest BCUT2D eigenvalue weighted by molar-refractivity contribution is 9.10. The van der Waals surface area contributed by atoms with Crippen LogP contribution in [0.1, 0.15) is 35.6 Å². The summed E-state index contributed by atoms with van der Waals surface area (Å²) < 4.78 is 2.74. The summed E-state index contributed by atoms with van der Waals surface area (Å²) in [7, 11) is 0. The number of aromatic nitrogens is 2. The van der Waals surface area contributed by atoms with Crippen molar-refractivity contribution in [1.82, 2.24) is 9.78 Å². The van der Waals surface area contributed by atoms with E-state index < -0.39 is 0 Å². The van der Waals surface area contributed by atoms with Gasteiger partial charge in [0.2, 0.25) is 0 Å². The van der Waals surface area contributed by atoms with Crippen molar-refractivity contribution in [2.45, 2.75) is 26.7 Å². The van der Waals surface area contributed by atoms with Gasteiger partial charge in [0.05, 0.1) is 11.4 Å². The maximum Gasteiger partial charge on any atom is 0.151 e. The molecule has 0 aliphatic carbocycles. The molecule has 1 heterocycles. The number of rotatable bonds is 4. The number of hydrogen-bond acceptors (Lipinski definition) is 2. The first-order valence-corrected chi connectivity index (χ1v) is 6.81. The molecule has 2 rings (SSSR count). The van der Waals surface area contributed by atoms with Gasteiger partial charge in [-0.05, 0) is 53.0 Å². The van der Waals surface area contributed by atoms with E-state index in [1.807, 2.05) is 16.8 Å². The monoisotopic (exact) mass is 306 g/mol. The minimum absolute atomic E-state index is 0.652. The summed E-state index contributed by atoms with van der Waals surface area (Å²) in [6.07, 6.45) is 2.70. The molecule has 2 aromatic rings. The first-order chi connectivity index (χ1) is 8.69. The van der Waals surface area contributed by atoms with Crippen molar-refractivity contribution in [3.63, 3.8) is 0 Å². The number of hydrogen-bond donors (Lipinski definition) is 0. The highest BCUT2D eigenvalue weighted by Crippen LogP contribution is 2.21. The van der Waals surface area contributed by atoms with Crippen LogP contribution in [0.25, 0.3) is 5.69 Å². The second kappa shape index (κ2) is 5.48. The molecule has 0 radical (unpaired) electrons. The van der Waals surface area contributed by atoms with E-state index in [-0.39, 0.29) is 0 Å². The first kappa shape index (κ1) is 13.0. The second-order valence-corrected chi connectivity index (χ2v) is 4.92. The van der Waals surface area contributed by atoms with E-state index in [1.165, 1.54) is 5.69 Å². The number of carbonyl (C=O) groups is 1. The quantitative estimate of drug-likeness (QED) is 0.809. The molecule has 4 heteroatoms. The SMILES string of the molecule is CCc1cc(CC)n(-c2ccc(C=O)c(Br)c2)n1. The average Bonchev–Trinajstić information content (AvgIpc) is 2.82. The molecule has 0 amide bonds. The van der Waals surface area contributed by atoms with Gasteiger partial charge in [0.25, 0.3) is 0 Å². The molecule has 0 fully saturated rings. The van der Waals surface area contributed by atoms with Crippen LogP contribution in [0.5, 0.6) is 0 Å². The Morgan fingerprint density at radius 2 is 2.06 bits per heavy atom. The standard InChI is InChI=1S/C14H15BrN2O/c1-3-11-7-12(4-2)17(16-11)13-6-5-10(9-18)14(15)8-13/h5-9H,3-4H2,1-2H3. The van der Waals surface area contributed by atoms with E-state index in [0.717, 1.165) is 35.0 Å². The van der Waals surface area contributed by atoms with Gasteiger partial charge in [0.15, 0.2) is 6.29 Å². The van der Waals surface area contributed by atoms with Gasteiger partial charge in [-0.1, -0.05) is 13.8 Å². The number of aryl methyl sites for hydroxylation is 2. The number of aldehydes is 1. The van der Waals surface area contributed by atoms with E-state index in [2.05, 4.69) is 40.9 Å². The fraction of sp³-hybridized carbons (Fsp3) is 0.286. The van der Waals surface area contributed by atoms with E-state index >= 15 is 0 Å². The Hall–Kier alpha value is -1.42. The van der Waals surface area contributed by atoms with Crippen LogP contribution in [0.4, 0.5) is 0 Å². The van der Waals surface area contributed by atoms with Crippen LogP contribution in [0, 0.1) is 0 Å². The molecule has 0 N–H and O–H groups in total. The molecule has 0 saturated carbocycles. The fourth-order valence-corrected chi connectivity index (χ4v) is 2.33. The lowest BCUT2D eigenvalue weighted by Gasteiger charge is -2.07. The molecular formula is C14H15BrN2O. The molecule has 0 unspecified atom stereocenters. The summed E-state index contributed by atoms with van der Waals surface area (Å²) in [5.74, 6) is 0. The molecule has 0 spiro atoms. The average molecular weight is 307 g/mol. The topological polar surface area (TPSA) is 34.9 Å². The van der Waals surface area contributed by atoms with Crippen molar-refractivity contribution in [3.8, 4) is 5.69 Å². The van der Waals surface area contributed by atoms with E-state index in [4.69, 9.17) is 0 Å². The molecule has 3 nitrogen and oxygen atoms in total. The van der Waals surface area contributed by atoms with Crippen LogP contribution in [-0.4, -0.2) is 16.1 Å². The summed E-state index contributed by atoms with van der Waals surface area (Å²) in [6.45, 7) is 4.21. The van der Waals surface area contributed by atoms with Crippen molar-refractivity contribution in [1.29, 1.82) is 0 Å². The van der Waals surface area contributed by atoms with Crippen molar-refractivity contribution in [3.05, 3.63) is 45.7 Å². The summed E-state index contributed by atoms with van der Waals surface area (Å²) >= 11 is 3.40. The molecule has 0 aliphatic heterocycles. The van der Waals surface area contributed by atoms with Gasteiger partial charge in [-0.15, -0.1) is 0 Å². The lowest BCUT2D eigenvalue weighted by atomic mass is 10.2. The first-order valence-electron chi connectivity index (χ1n) is 6.02. The van der Waals surface area contributed by atoms with Crippen LogP contribution in [0.2, 0.25) is 0 Å². The second-order valence-electron chi connectivity index (χ2n) is 4.07. The fourth-order valence-electron chi connectivity index (χ4n) is 1.87. The Morgan fingerprint density at radius 3 is 2.61 bits per heavy atom. The molecule has 0 atom stereocenters. The number of halogens is 1. The Labute approximate surface area is 115 Å². The lowest BCUT2D eigenvalue weighted by molar-refractivity contribution is 0.112. The van der Waals surface area contributed by atoms with Gasteiger partial charge in [-0.25, -0.2) is 4.68 Å². The van der Waals surface area contributed by atoms with Crippen LogP contribution >= 0.6 is 15.9 Å². The van der Waals surface area contributed by atoms with Gasteiger partial charge in [0.1, 0.15) is 0 Å². The van der Waals surface area contributed by atoms with Crippen molar-refractivity contribution in [2.24, 2.45) is 0 Å². The summed E-state index contributed by atoms with van der Waals surface area (Å²) in [4.78, 5) is 10.8. The number of carbonyl (C=O) groups excluding carboxylic acids is 1. The molecule has 0 aliphatic rings. The third kappa shape index (κ3) is 2.38. The largest absolute Gasteiger partial charge is 0.298 e. The van der Waals surface area contributed by atoms with E-state index in [9.17, 15) is 4.79 Å². The van der Waals surface area contributed by atoms with Crippen LogP contribution in [-0.2, 0) is 12.8 Å².